The molecule has 12 heteroatoms. The minimum absolute atomic E-state index is 0.0788. The van der Waals surface area contributed by atoms with Crippen molar-refractivity contribution in [3.05, 3.63) is 81.3 Å². The molecule has 2 aromatic carbocycles. The van der Waals surface area contributed by atoms with Crippen LogP contribution in [0.15, 0.2) is 55.1 Å². The van der Waals surface area contributed by atoms with Crippen LogP contribution in [0.2, 0.25) is 15.1 Å². The quantitative estimate of drug-likeness (QED) is 0.264. The molecule has 0 unspecified atom stereocenters. The molecule has 2 aliphatic rings. The first-order chi connectivity index (χ1) is 19.9. The fourth-order valence-electron chi connectivity index (χ4n) is 4.90. The summed E-state index contributed by atoms with van der Waals surface area (Å²) in [6, 6.07) is 10.8. The predicted octanol–water partition coefficient (Wildman–Crippen LogP) is 7.28. The van der Waals surface area contributed by atoms with Crippen molar-refractivity contribution in [2.24, 2.45) is 5.92 Å². The van der Waals surface area contributed by atoms with E-state index in [0.717, 1.165) is 24.0 Å². The van der Waals surface area contributed by atoms with Crippen molar-refractivity contribution in [3.63, 3.8) is 0 Å². The molecule has 3 amide bonds. The standard InChI is InChI=1S/C15H16Cl3N3O2.C15H17NO3/c1-2-4-20(15(22)21-5-3-19-10-21)6-7-23-14-12(17)8-11(16)9-13(14)18;1-15(2,3)19-14(18)16-12-10-7-5-4-6-9(10)8-11(12)13(16)17/h3,5,8-10H,2,4,6-7H2,1H3;4-7,11-12H,8H2,1-3H3/t;11-,12+/m.1/s1. The number of likely N-dealkylation sites (tertiary alicyclic amines) is 1. The molecule has 0 saturated carbocycles. The fraction of sp³-hybridized carbons (Fsp3) is 0.400. The maximum atomic E-state index is 12.3. The van der Waals surface area contributed by atoms with E-state index in [9.17, 15) is 14.4 Å². The first kappa shape index (κ1) is 31.7. The van der Waals surface area contributed by atoms with Gasteiger partial charge in [-0.1, -0.05) is 66.0 Å². The van der Waals surface area contributed by atoms with Crippen LogP contribution < -0.4 is 4.74 Å². The fourth-order valence-corrected chi connectivity index (χ4v) is 5.82. The van der Waals surface area contributed by atoms with Gasteiger partial charge in [0.15, 0.2) is 5.75 Å². The molecule has 0 radical (unpaired) electrons. The van der Waals surface area contributed by atoms with Crippen molar-refractivity contribution in [3.8, 4) is 5.75 Å². The second-order valence-corrected chi connectivity index (χ2v) is 12.2. The van der Waals surface area contributed by atoms with Gasteiger partial charge in [-0.05, 0) is 56.9 Å². The van der Waals surface area contributed by atoms with Crippen LogP contribution in [0.1, 0.15) is 51.3 Å². The summed E-state index contributed by atoms with van der Waals surface area (Å²) >= 11 is 18.0. The number of aromatic nitrogens is 2. The first-order valence-corrected chi connectivity index (χ1v) is 14.7. The van der Waals surface area contributed by atoms with E-state index in [0.29, 0.717) is 33.9 Å². The second kappa shape index (κ2) is 13.4. The molecule has 1 aromatic heterocycles. The molecule has 3 aromatic rings. The highest BCUT2D eigenvalue weighted by Gasteiger charge is 2.56. The Morgan fingerprint density at radius 3 is 2.40 bits per heavy atom. The Morgan fingerprint density at radius 1 is 1.10 bits per heavy atom. The van der Waals surface area contributed by atoms with E-state index in [1.54, 1.807) is 50.2 Å². The summed E-state index contributed by atoms with van der Waals surface area (Å²) in [6.07, 6.45) is 5.68. The lowest BCUT2D eigenvalue weighted by atomic mass is 9.89. The summed E-state index contributed by atoms with van der Waals surface area (Å²) in [5, 5.41) is 1.12. The third kappa shape index (κ3) is 7.19. The van der Waals surface area contributed by atoms with Crippen molar-refractivity contribution < 1.29 is 23.9 Å². The molecule has 1 aliphatic heterocycles. The number of β-lactam (4-membered cyclic amide) rings is 1. The van der Waals surface area contributed by atoms with Gasteiger partial charge in [0.25, 0.3) is 0 Å². The molecule has 0 bridgehead atoms. The Balaban J connectivity index is 0.000000196. The molecule has 2 atom stereocenters. The smallest absolute Gasteiger partial charge is 0.417 e. The molecule has 2 heterocycles. The first-order valence-electron chi connectivity index (χ1n) is 13.6. The second-order valence-electron chi connectivity index (χ2n) is 10.9. The number of imidazole rings is 1. The van der Waals surface area contributed by atoms with Gasteiger partial charge in [-0.15, -0.1) is 0 Å². The van der Waals surface area contributed by atoms with Gasteiger partial charge in [-0.2, -0.15) is 0 Å². The van der Waals surface area contributed by atoms with Gasteiger partial charge >= 0.3 is 12.1 Å². The summed E-state index contributed by atoms with van der Waals surface area (Å²) in [4.78, 5) is 43.3. The number of hydrogen-bond acceptors (Lipinski definition) is 6. The molecular weight excluding hydrogens is 603 g/mol. The van der Waals surface area contributed by atoms with Crippen LogP contribution >= 0.6 is 34.8 Å². The number of nitrogens with zero attached hydrogens (tertiary/aromatic N) is 4. The van der Waals surface area contributed by atoms with Gasteiger partial charge in [-0.3, -0.25) is 9.36 Å². The molecule has 1 fully saturated rings. The van der Waals surface area contributed by atoms with Crippen LogP contribution in [0.4, 0.5) is 9.59 Å². The topological polar surface area (TPSA) is 94.0 Å². The Kier molecular flexibility index (Phi) is 10.1. The van der Waals surface area contributed by atoms with E-state index < -0.39 is 11.7 Å². The molecule has 5 rings (SSSR count). The molecule has 0 N–H and O–H groups in total. The van der Waals surface area contributed by atoms with Crippen molar-refractivity contribution in [1.29, 1.82) is 0 Å². The van der Waals surface area contributed by atoms with Crippen LogP contribution in [-0.2, 0) is 16.0 Å². The third-order valence-electron chi connectivity index (χ3n) is 6.68. The van der Waals surface area contributed by atoms with Gasteiger partial charge in [-0.25, -0.2) is 19.5 Å². The number of ether oxygens (including phenoxy) is 2. The number of halogens is 3. The lowest BCUT2D eigenvalue weighted by molar-refractivity contribution is -0.152. The van der Waals surface area contributed by atoms with Crippen molar-refractivity contribution >= 4 is 52.8 Å². The van der Waals surface area contributed by atoms with Crippen LogP contribution in [0.3, 0.4) is 0 Å². The van der Waals surface area contributed by atoms with Gasteiger partial charge in [0.05, 0.1) is 28.5 Å². The van der Waals surface area contributed by atoms with E-state index in [-0.39, 0.29) is 30.5 Å². The van der Waals surface area contributed by atoms with Crippen LogP contribution in [0.25, 0.3) is 0 Å². The van der Waals surface area contributed by atoms with E-state index in [1.165, 1.54) is 15.8 Å². The highest BCUT2D eigenvalue weighted by atomic mass is 35.5. The summed E-state index contributed by atoms with van der Waals surface area (Å²) < 4.78 is 12.4. The minimum atomic E-state index is -0.583. The Labute approximate surface area is 260 Å². The number of carbonyl (C=O) groups excluding carboxylic acids is 3. The number of hydrogen-bond donors (Lipinski definition) is 0. The minimum Gasteiger partial charge on any atom is -0.489 e. The Morgan fingerprint density at radius 2 is 1.79 bits per heavy atom. The van der Waals surface area contributed by atoms with E-state index in [1.807, 2.05) is 31.2 Å². The lowest BCUT2D eigenvalue weighted by Crippen LogP contribution is -2.57. The molecule has 1 aliphatic carbocycles. The lowest BCUT2D eigenvalue weighted by Gasteiger charge is -2.42. The molecule has 9 nitrogen and oxygen atoms in total. The monoisotopic (exact) mass is 634 g/mol. The summed E-state index contributed by atoms with van der Waals surface area (Å²) in [7, 11) is 0. The molecule has 224 valence electrons. The maximum Gasteiger partial charge on any atom is 0.417 e. The maximum absolute atomic E-state index is 12.3. The zero-order valence-corrected chi connectivity index (χ0v) is 26.1. The van der Waals surface area contributed by atoms with Crippen LogP contribution in [0.5, 0.6) is 5.75 Å². The van der Waals surface area contributed by atoms with Crippen molar-refractivity contribution in [2.75, 3.05) is 19.7 Å². The number of carbonyl (C=O) groups is 3. The summed E-state index contributed by atoms with van der Waals surface area (Å²) in [6.45, 7) is 8.69. The average Bonchev–Trinajstić information content (AvgIpc) is 3.56. The molecule has 1 saturated heterocycles. The molecule has 0 spiro atoms. The normalized spacial score (nSPS) is 16.9. The summed E-state index contributed by atoms with van der Waals surface area (Å²) in [5.41, 5.74) is 1.66. The molecule has 42 heavy (non-hydrogen) atoms. The largest absolute Gasteiger partial charge is 0.489 e. The van der Waals surface area contributed by atoms with Gasteiger partial charge < -0.3 is 14.4 Å². The number of amides is 3. The SMILES string of the molecule is CC(C)(C)OC(=O)N1C(=O)[C@@H]2Cc3ccccc3[C@@H]21.CCCN(CCOc1c(Cl)cc(Cl)cc1Cl)C(=O)n1ccnc1. The number of rotatable bonds is 6. The highest BCUT2D eigenvalue weighted by molar-refractivity contribution is 6.40. The number of imide groups is 1. The van der Waals surface area contributed by atoms with Crippen LogP contribution in [-0.4, -0.2) is 62.7 Å². The van der Waals surface area contributed by atoms with E-state index in [4.69, 9.17) is 44.3 Å². The van der Waals surface area contributed by atoms with Crippen molar-refractivity contribution in [1.82, 2.24) is 19.4 Å². The third-order valence-corrected chi connectivity index (χ3v) is 7.46. The van der Waals surface area contributed by atoms with E-state index in [2.05, 4.69) is 4.98 Å². The van der Waals surface area contributed by atoms with Gasteiger partial charge in [0.1, 0.15) is 18.5 Å². The number of fused-ring (bicyclic) bond motifs is 3. The summed E-state index contributed by atoms with van der Waals surface area (Å²) in [5.74, 6) is 0.171. The number of benzene rings is 2. The van der Waals surface area contributed by atoms with Gasteiger partial charge in [0, 0.05) is 24.0 Å². The highest BCUT2D eigenvalue weighted by Crippen LogP contribution is 2.49. The van der Waals surface area contributed by atoms with Gasteiger partial charge in [0.2, 0.25) is 5.91 Å². The van der Waals surface area contributed by atoms with Crippen molar-refractivity contribution in [2.45, 2.75) is 52.2 Å². The predicted molar refractivity (Wildman–Crippen MR) is 161 cm³/mol. The molecular formula is C30H33Cl3N4O5. The van der Waals surface area contributed by atoms with E-state index >= 15 is 0 Å². The Bertz CT molecular complexity index is 1420. The zero-order chi connectivity index (χ0) is 30.6. The zero-order valence-electron chi connectivity index (χ0n) is 23.9. The van der Waals surface area contributed by atoms with Crippen LogP contribution in [0, 0.1) is 5.92 Å². The average molecular weight is 636 g/mol. The Hall–Kier alpha value is -3.27.